The van der Waals surface area contributed by atoms with Crippen LogP contribution in [0.5, 0.6) is 0 Å². The van der Waals surface area contributed by atoms with E-state index in [1.54, 1.807) is 23.9 Å². The summed E-state index contributed by atoms with van der Waals surface area (Å²) in [4.78, 5) is 13.3. The molecule has 0 saturated heterocycles. The van der Waals surface area contributed by atoms with E-state index in [0.29, 0.717) is 5.75 Å². The maximum absolute atomic E-state index is 14.5. The van der Waals surface area contributed by atoms with Crippen molar-refractivity contribution in [3.8, 4) is 0 Å². The smallest absolute Gasteiger partial charge is 0.254 e. The van der Waals surface area contributed by atoms with Crippen LogP contribution in [-0.2, 0) is 12.2 Å². The normalized spacial score (nSPS) is 14.0. The maximum Gasteiger partial charge on any atom is 0.254 e. The Kier molecular flexibility index (Phi) is 6.56. The van der Waals surface area contributed by atoms with E-state index in [-0.39, 0.29) is 5.56 Å². The average Bonchev–Trinajstić information content (AvgIpc) is 2.85. The molecule has 0 bridgehead atoms. The molecule has 0 unspecified atom stereocenters. The van der Waals surface area contributed by atoms with Crippen LogP contribution >= 0.6 is 23.4 Å². The number of halogens is 2. The number of hydrogen-bond acceptors (Lipinski definition) is 3. The van der Waals surface area contributed by atoms with Crippen molar-refractivity contribution in [3.63, 3.8) is 0 Å². The van der Waals surface area contributed by atoms with Gasteiger partial charge in [0.1, 0.15) is 5.82 Å². The number of hydrogen-bond donors (Lipinski definition) is 2. The van der Waals surface area contributed by atoms with Crippen LogP contribution in [-0.4, -0.2) is 18.0 Å². The van der Waals surface area contributed by atoms with E-state index in [9.17, 15) is 9.18 Å². The van der Waals surface area contributed by atoms with Gasteiger partial charge in [0, 0.05) is 28.4 Å². The number of fused-ring (bicyclic) bond motifs is 1. The monoisotopic (exact) mass is 420 g/mol. The Hall–Kier alpha value is -1.72. The number of carbonyl (C=O) groups is 1. The van der Waals surface area contributed by atoms with Crippen molar-refractivity contribution < 1.29 is 9.18 Å². The molecule has 3 nitrogen and oxygen atoms in total. The highest BCUT2D eigenvalue weighted by molar-refractivity contribution is 7.98. The number of benzene rings is 2. The first-order valence-electron chi connectivity index (χ1n) is 9.53. The number of rotatable bonds is 4. The molecular weight excluding hydrogens is 395 g/mol. The van der Waals surface area contributed by atoms with Crippen molar-refractivity contribution in [2.24, 2.45) is 0 Å². The molecule has 2 aromatic carbocycles. The van der Waals surface area contributed by atoms with Gasteiger partial charge in [0.15, 0.2) is 0 Å². The van der Waals surface area contributed by atoms with Gasteiger partial charge in [-0.1, -0.05) is 17.7 Å². The Morgan fingerprint density at radius 1 is 1.25 bits per heavy atom. The van der Waals surface area contributed by atoms with Gasteiger partial charge < -0.3 is 10.6 Å². The van der Waals surface area contributed by atoms with E-state index in [0.717, 1.165) is 47.0 Å². The number of carbonyl (C=O) groups excluding carboxylic acids is 1. The molecule has 28 heavy (non-hydrogen) atoms. The van der Waals surface area contributed by atoms with Crippen LogP contribution in [0.1, 0.15) is 55.1 Å². The van der Waals surface area contributed by atoms with Gasteiger partial charge in [-0.25, -0.2) is 4.39 Å². The minimum atomic E-state index is -0.500. The zero-order chi connectivity index (χ0) is 20.3. The highest BCUT2D eigenvalue weighted by atomic mass is 35.5. The van der Waals surface area contributed by atoms with Crippen LogP contribution in [0.4, 0.5) is 10.1 Å². The van der Waals surface area contributed by atoms with Gasteiger partial charge in [0.25, 0.3) is 5.91 Å². The van der Waals surface area contributed by atoms with Crippen molar-refractivity contribution in [1.29, 1.82) is 0 Å². The topological polar surface area (TPSA) is 41.1 Å². The van der Waals surface area contributed by atoms with Crippen molar-refractivity contribution in [2.45, 2.75) is 56.2 Å². The summed E-state index contributed by atoms with van der Waals surface area (Å²) in [6.07, 6.45) is 3.26. The molecule has 0 spiro atoms. The van der Waals surface area contributed by atoms with Crippen molar-refractivity contribution in [1.82, 2.24) is 5.32 Å². The molecule has 1 aliphatic heterocycles. The van der Waals surface area contributed by atoms with Gasteiger partial charge >= 0.3 is 0 Å². The van der Waals surface area contributed by atoms with Crippen LogP contribution in [0, 0.1) is 5.82 Å². The highest BCUT2D eigenvalue weighted by Gasteiger charge is 2.19. The predicted octanol–water partition coefficient (Wildman–Crippen LogP) is 6.05. The van der Waals surface area contributed by atoms with E-state index < -0.39 is 17.3 Å². The van der Waals surface area contributed by atoms with Gasteiger partial charge in [-0.05, 0) is 75.4 Å². The number of nitrogens with one attached hydrogen (secondary N) is 2. The third kappa shape index (κ3) is 5.21. The van der Waals surface area contributed by atoms with Crippen LogP contribution < -0.4 is 10.6 Å². The Bertz CT molecular complexity index is 880. The molecule has 1 heterocycles. The Balaban J connectivity index is 1.75. The lowest BCUT2D eigenvalue weighted by molar-refractivity contribution is 0.0915. The van der Waals surface area contributed by atoms with Gasteiger partial charge in [-0.15, -0.1) is 11.8 Å². The van der Waals surface area contributed by atoms with E-state index in [4.69, 9.17) is 11.6 Å². The Morgan fingerprint density at radius 2 is 2.04 bits per heavy atom. The number of amides is 1. The lowest BCUT2D eigenvalue weighted by Gasteiger charge is -2.20. The van der Waals surface area contributed by atoms with E-state index >= 15 is 0 Å². The molecule has 0 aliphatic carbocycles. The largest absolute Gasteiger partial charge is 0.385 e. The van der Waals surface area contributed by atoms with Crippen molar-refractivity contribution in [2.75, 3.05) is 11.9 Å². The molecule has 6 heteroatoms. The zero-order valence-corrected chi connectivity index (χ0v) is 18.1. The molecule has 2 aromatic rings. The van der Waals surface area contributed by atoms with Crippen LogP contribution in [0.25, 0.3) is 0 Å². The maximum atomic E-state index is 14.5. The number of thioether (sulfide) groups is 1. The Morgan fingerprint density at radius 3 is 2.75 bits per heavy atom. The summed E-state index contributed by atoms with van der Waals surface area (Å²) >= 11 is 8.08. The average molecular weight is 421 g/mol. The van der Waals surface area contributed by atoms with Gasteiger partial charge in [0.2, 0.25) is 0 Å². The van der Waals surface area contributed by atoms with Crippen LogP contribution in [0.15, 0.2) is 35.2 Å². The molecule has 0 saturated carbocycles. The molecule has 1 amide bonds. The lowest BCUT2D eigenvalue weighted by atomic mass is 10.1. The minimum absolute atomic E-state index is 0.0690. The van der Waals surface area contributed by atoms with Gasteiger partial charge in [-0.3, -0.25) is 4.79 Å². The fraction of sp³-hybridized carbons (Fsp3) is 0.409. The summed E-state index contributed by atoms with van der Waals surface area (Å²) in [6, 6.07) is 8.76. The summed E-state index contributed by atoms with van der Waals surface area (Å²) in [6.45, 7) is 6.58. The first-order valence-corrected chi connectivity index (χ1v) is 10.9. The lowest BCUT2D eigenvalue weighted by Crippen LogP contribution is -2.40. The number of anilines is 1. The summed E-state index contributed by atoms with van der Waals surface area (Å²) in [5, 5.41) is 6.99. The first kappa shape index (κ1) is 21.0. The predicted molar refractivity (Wildman–Crippen MR) is 116 cm³/mol. The molecule has 1 aliphatic rings. The Labute approximate surface area is 175 Å². The van der Waals surface area contributed by atoms with Gasteiger partial charge in [-0.2, -0.15) is 0 Å². The van der Waals surface area contributed by atoms with Crippen LogP contribution in [0.3, 0.4) is 0 Å². The second-order valence-electron chi connectivity index (χ2n) is 8.09. The van der Waals surface area contributed by atoms with Gasteiger partial charge in [0.05, 0.1) is 10.6 Å². The quantitative estimate of drug-likeness (QED) is 0.591. The van der Waals surface area contributed by atoms with Crippen molar-refractivity contribution >= 4 is 35.0 Å². The van der Waals surface area contributed by atoms with E-state index in [1.807, 2.05) is 32.9 Å². The molecule has 0 fully saturated rings. The molecule has 2 N–H and O–H groups in total. The minimum Gasteiger partial charge on any atom is -0.385 e. The standard InChI is InChI=1S/C22H26ClFN2OS/c1-22(2,3)26-21(27)15-8-7-14(12-18(15)24)13-28-20-16-6-4-5-11-25-19(16)10-9-17(20)23/h7-10,12,25H,4-6,11,13H2,1-3H3,(H,26,27). The molecular formula is C22H26ClFN2OS. The fourth-order valence-electron chi connectivity index (χ4n) is 3.21. The second kappa shape index (κ2) is 8.75. The molecule has 0 aromatic heterocycles. The second-order valence-corrected chi connectivity index (χ2v) is 9.49. The first-order chi connectivity index (χ1) is 13.2. The molecule has 0 atom stereocenters. The zero-order valence-electron chi connectivity index (χ0n) is 16.5. The van der Waals surface area contributed by atoms with E-state index in [2.05, 4.69) is 10.6 Å². The molecule has 3 rings (SSSR count). The van der Waals surface area contributed by atoms with Crippen molar-refractivity contribution in [3.05, 3.63) is 57.9 Å². The summed E-state index contributed by atoms with van der Waals surface area (Å²) in [5.41, 5.74) is 2.87. The van der Waals surface area contributed by atoms with Crippen LogP contribution in [0.2, 0.25) is 5.02 Å². The molecule has 0 radical (unpaired) electrons. The van der Waals surface area contributed by atoms with E-state index in [1.165, 1.54) is 11.6 Å². The SMILES string of the molecule is CC(C)(C)NC(=O)c1ccc(CSc2c(Cl)ccc3c2CCCCN3)cc1F. The highest BCUT2D eigenvalue weighted by Crippen LogP contribution is 2.38. The summed E-state index contributed by atoms with van der Waals surface area (Å²) in [5.74, 6) is -0.306. The fourth-order valence-corrected chi connectivity index (χ4v) is 4.64. The molecule has 150 valence electrons. The summed E-state index contributed by atoms with van der Waals surface area (Å²) < 4.78 is 14.5. The summed E-state index contributed by atoms with van der Waals surface area (Å²) in [7, 11) is 0. The third-order valence-corrected chi connectivity index (χ3v) is 6.19. The third-order valence-electron chi connectivity index (χ3n) is 4.53.